The molecule has 1 fully saturated rings. The van der Waals surface area contributed by atoms with Crippen molar-refractivity contribution in [2.45, 2.75) is 18.9 Å². The molecule has 2 amide bonds. The maximum Gasteiger partial charge on any atom is 0.326 e. The Bertz CT molecular complexity index is 492. The molecule has 4 N–H and O–H groups in total. The van der Waals surface area contributed by atoms with Gasteiger partial charge in [-0.1, -0.05) is 30.3 Å². The first kappa shape index (κ1) is 15.3. The molecule has 2 rings (SSSR count). The summed E-state index contributed by atoms with van der Waals surface area (Å²) in [7, 11) is 0. The number of aliphatic carboxylic acids is 1. The number of nitrogens with zero attached hydrogens (tertiary/aromatic N) is 1. The summed E-state index contributed by atoms with van der Waals surface area (Å²) in [5.74, 6) is -0.713. The summed E-state index contributed by atoms with van der Waals surface area (Å²) in [6.07, 6.45) is 1.15. The fourth-order valence-electron chi connectivity index (χ4n) is 2.50. The Morgan fingerprint density at radius 1 is 1.38 bits per heavy atom. The number of nitrogens with one attached hydrogen (secondary N) is 1. The lowest BCUT2D eigenvalue weighted by molar-refractivity contribution is -0.139. The number of benzene rings is 1. The summed E-state index contributed by atoms with van der Waals surface area (Å²) < 4.78 is 0. The number of hydrogen-bond acceptors (Lipinski definition) is 3. The van der Waals surface area contributed by atoms with Crippen molar-refractivity contribution in [1.82, 2.24) is 10.2 Å². The fraction of sp³-hybridized carbons (Fsp3) is 0.467. The van der Waals surface area contributed by atoms with E-state index in [1.54, 1.807) is 4.90 Å². The number of carboxylic acids is 1. The van der Waals surface area contributed by atoms with Gasteiger partial charge in [0.05, 0.1) is 0 Å². The van der Waals surface area contributed by atoms with Crippen molar-refractivity contribution in [3.63, 3.8) is 0 Å². The normalized spacial score (nSPS) is 19.3. The van der Waals surface area contributed by atoms with E-state index in [0.29, 0.717) is 25.6 Å². The number of hydrogen-bond donors (Lipinski definition) is 3. The average molecular weight is 291 g/mol. The van der Waals surface area contributed by atoms with Crippen LogP contribution in [0.3, 0.4) is 0 Å². The van der Waals surface area contributed by atoms with Crippen LogP contribution in [0.2, 0.25) is 0 Å². The van der Waals surface area contributed by atoms with Crippen molar-refractivity contribution >= 4 is 12.0 Å². The maximum atomic E-state index is 12.1. The van der Waals surface area contributed by atoms with E-state index in [1.807, 2.05) is 30.3 Å². The fourth-order valence-corrected chi connectivity index (χ4v) is 2.50. The standard InChI is InChI=1S/C15H21N3O3/c16-9-12-6-7-18(10-12)15(21)17-13(14(19)20)8-11-4-2-1-3-5-11/h1-5,12-13H,6-10,16H2,(H,17,21)(H,19,20). The summed E-state index contributed by atoms with van der Waals surface area (Å²) in [6.45, 7) is 1.78. The molecule has 0 bridgehead atoms. The number of amides is 2. The molecule has 2 atom stereocenters. The summed E-state index contributed by atoms with van der Waals surface area (Å²) in [5, 5.41) is 11.9. The van der Waals surface area contributed by atoms with E-state index in [-0.39, 0.29) is 12.5 Å². The molecule has 6 nitrogen and oxygen atoms in total. The predicted molar refractivity (Wildman–Crippen MR) is 78.8 cm³/mol. The van der Waals surface area contributed by atoms with E-state index in [0.717, 1.165) is 12.0 Å². The molecular weight excluding hydrogens is 270 g/mol. The van der Waals surface area contributed by atoms with Crippen molar-refractivity contribution in [2.75, 3.05) is 19.6 Å². The molecule has 0 radical (unpaired) electrons. The zero-order valence-electron chi connectivity index (χ0n) is 11.9. The summed E-state index contributed by atoms with van der Waals surface area (Å²) >= 11 is 0. The molecule has 6 heteroatoms. The Kier molecular flexibility index (Phi) is 5.16. The lowest BCUT2D eigenvalue weighted by atomic mass is 10.1. The molecule has 1 heterocycles. The molecule has 114 valence electrons. The molecule has 1 aliphatic rings. The van der Waals surface area contributed by atoms with E-state index in [1.165, 1.54) is 0 Å². The Hall–Kier alpha value is -2.08. The number of carbonyl (C=O) groups is 2. The minimum atomic E-state index is -1.03. The van der Waals surface area contributed by atoms with Gasteiger partial charge in [-0.25, -0.2) is 9.59 Å². The van der Waals surface area contributed by atoms with Crippen LogP contribution < -0.4 is 11.1 Å². The third-order valence-corrected chi connectivity index (χ3v) is 3.78. The second kappa shape index (κ2) is 7.08. The monoisotopic (exact) mass is 291 g/mol. The van der Waals surface area contributed by atoms with E-state index < -0.39 is 12.0 Å². The molecule has 0 aliphatic carbocycles. The zero-order chi connectivity index (χ0) is 15.2. The second-order valence-corrected chi connectivity index (χ2v) is 5.37. The van der Waals surface area contributed by atoms with E-state index in [4.69, 9.17) is 5.73 Å². The number of carboxylic acid groups (broad SMARTS) is 1. The van der Waals surface area contributed by atoms with Crippen LogP contribution in [0.5, 0.6) is 0 Å². The largest absolute Gasteiger partial charge is 0.480 e. The lowest BCUT2D eigenvalue weighted by Gasteiger charge is -2.21. The molecular formula is C15H21N3O3. The van der Waals surface area contributed by atoms with Gasteiger partial charge in [-0.05, 0) is 24.4 Å². The van der Waals surface area contributed by atoms with Crippen LogP contribution in [-0.4, -0.2) is 47.7 Å². The lowest BCUT2D eigenvalue weighted by Crippen LogP contribution is -2.48. The molecule has 1 aromatic rings. The van der Waals surface area contributed by atoms with Crippen LogP contribution in [0.4, 0.5) is 4.79 Å². The van der Waals surface area contributed by atoms with Gasteiger partial charge in [0.1, 0.15) is 6.04 Å². The number of likely N-dealkylation sites (tertiary alicyclic amines) is 1. The number of nitrogens with two attached hydrogens (primary N) is 1. The van der Waals surface area contributed by atoms with Crippen LogP contribution >= 0.6 is 0 Å². The highest BCUT2D eigenvalue weighted by molar-refractivity contribution is 5.83. The third kappa shape index (κ3) is 4.19. The van der Waals surface area contributed by atoms with Crippen LogP contribution in [0, 0.1) is 5.92 Å². The smallest absolute Gasteiger partial charge is 0.326 e. The van der Waals surface area contributed by atoms with Gasteiger partial charge >= 0.3 is 12.0 Å². The molecule has 2 unspecified atom stereocenters. The van der Waals surface area contributed by atoms with Crippen molar-refractivity contribution in [1.29, 1.82) is 0 Å². The molecule has 0 saturated carbocycles. The number of urea groups is 1. The van der Waals surface area contributed by atoms with Crippen molar-refractivity contribution in [3.8, 4) is 0 Å². The van der Waals surface area contributed by atoms with E-state index in [9.17, 15) is 14.7 Å². The molecule has 1 aliphatic heterocycles. The Morgan fingerprint density at radius 3 is 2.67 bits per heavy atom. The minimum Gasteiger partial charge on any atom is -0.480 e. The maximum absolute atomic E-state index is 12.1. The molecule has 1 saturated heterocycles. The molecule has 1 aromatic carbocycles. The van der Waals surface area contributed by atoms with Crippen LogP contribution in [0.15, 0.2) is 30.3 Å². The quantitative estimate of drug-likeness (QED) is 0.743. The highest BCUT2D eigenvalue weighted by atomic mass is 16.4. The van der Waals surface area contributed by atoms with Crippen LogP contribution in [-0.2, 0) is 11.2 Å². The Morgan fingerprint density at radius 2 is 2.10 bits per heavy atom. The predicted octanol–water partition coefficient (Wildman–Crippen LogP) is 0.672. The van der Waals surface area contributed by atoms with Gasteiger partial charge < -0.3 is 21.1 Å². The third-order valence-electron chi connectivity index (χ3n) is 3.78. The first-order chi connectivity index (χ1) is 10.1. The van der Waals surface area contributed by atoms with E-state index >= 15 is 0 Å². The SMILES string of the molecule is NCC1CCN(C(=O)NC(Cc2ccccc2)C(=O)O)C1. The van der Waals surface area contributed by atoms with Gasteiger partial charge in [0.15, 0.2) is 0 Å². The summed E-state index contributed by atoms with van der Waals surface area (Å²) in [5.41, 5.74) is 6.48. The van der Waals surface area contributed by atoms with Crippen LogP contribution in [0.1, 0.15) is 12.0 Å². The second-order valence-electron chi connectivity index (χ2n) is 5.37. The zero-order valence-corrected chi connectivity index (χ0v) is 11.9. The minimum absolute atomic E-state index is 0.274. The molecule has 0 aromatic heterocycles. The van der Waals surface area contributed by atoms with Gasteiger partial charge in [-0.15, -0.1) is 0 Å². The molecule has 21 heavy (non-hydrogen) atoms. The van der Waals surface area contributed by atoms with Gasteiger partial charge in [-0.3, -0.25) is 0 Å². The Balaban J connectivity index is 1.94. The van der Waals surface area contributed by atoms with E-state index in [2.05, 4.69) is 5.32 Å². The number of carbonyl (C=O) groups excluding carboxylic acids is 1. The average Bonchev–Trinajstić information content (AvgIpc) is 2.96. The first-order valence-corrected chi connectivity index (χ1v) is 7.12. The number of rotatable bonds is 5. The van der Waals surface area contributed by atoms with Crippen molar-refractivity contribution in [3.05, 3.63) is 35.9 Å². The van der Waals surface area contributed by atoms with Crippen LogP contribution in [0.25, 0.3) is 0 Å². The first-order valence-electron chi connectivity index (χ1n) is 7.12. The van der Waals surface area contributed by atoms with Gasteiger partial charge in [0, 0.05) is 19.5 Å². The summed E-state index contributed by atoms with van der Waals surface area (Å²) in [4.78, 5) is 25.1. The highest BCUT2D eigenvalue weighted by Crippen LogP contribution is 2.15. The Labute approximate surface area is 123 Å². The highest BCUT2D eigenvalue weighted by Gasteiger charge is 2.28. The van der Waals surface area contributed by atoms with Gasteiger partial charge in [0.25, 0.3) is 0 Å². The van der Waals surface area contributed by atoms with Gasteiger partial charge in [0.2, 0.25) is 0 Å². The summed E-state index contributed by atoms with van der Waals surface area (Å²) in [6, 6.07) is 8.02. The van der Waals surface area contributed by atoms with Crippen molar-refractivity contribution < 1.29 is 14.7 Å². The van der Waals surface area contributed by atoms with Gasteiger partial charge in [-0.2, -0.15) is 0 Å². The topological polar surface area (TPSA) is 95.7 Å². The van der Waals surface area contributed by atoms with Crippen molar-refractivity contribution in [2.24, 2.45) is 11.7 Å². The molecule has 0 spiro atoms.